The maximum atomic E-state index is 12.8. The molecule has 0 saturated carbocycles. The zero-order chi connectivity index (χ0) is 23.5. The quantitative estimate of drug-likeness (QED) is 0.297. The van der Waals surface area contributed by atoms with Gasteiger partial charge < -0.3 is 4.74 Å². The van der Waals surface area contributed by atoms with Gasteiger partial charge in [0, 0.05) is 0 Å². The second kappa shape index (κ2) is 10.4. The van der Waals surface area contributed by atoms with Gasteiger partial charge in [0.15, 0.2) is 5.75 Å². The maximum Gasteiger partial charge on any atom is 0.293 e. The van der Waals surface area contributed by atoms with E-state index in [1.54, 1.807) is 36.4 Å². The van der Waals surface area contributed by atoms with Crippen LogP contribution in [0.25, 0.3) is 6.08 Å². The summed E-state index contributed by atoms with van der Waals surface area (Å²) in [4.78, 5) is 26.7. The number of hydrogen-bond acceptors (Lipinski definition) is 4. The van der Waals surface area contributed by atoms with E-state index in [-0.39, 0.29) is 34.3 Å². The van der Waals surface area contributed by atoms with Crippen LogP contribution in [0.4, 0.5) is 4.79 Å². The first-order chi connectivity index (χ1) is 15.8. The van der Waals surface area contributed by atoms with Gasteiger partial charge in [0.05, 0.1) is 31.5 Å². The molecule has 0 spiro atoms. The van der Waals surface area contributed by atoms with Crippen LogP contribution in [0.5, 0.6) is 5.75 Å². The van der Waals surface area contributed by atoms with Gasteiger partial charge in [-0.25, -0.2) is 0 Å². The van der Waals surface area contributed by atoms with E-state index in [2.05, 4.69) is 0 Å². The molecule has 0 radical (unpaired) electrons. The number of ether oxygens (including phenoxy) is 1. The molecule has 9 heteroatoms. The van der Waals surface area contributed by atoms with Crippen molar-refractivity contribution in [3.8, 4) is 5.75 Å². The summed E-state index contributed by atoms with van der Waals surface area (Å²) in [6, 6.07) is 17.8. The predicted molar refractivity (Wildman–Crippen MR) is 135 cm³/mol. The Kier molecular flexibility index (Phi) is 7.57. The van der Waals surface area contributed by atoms with Gasteiger partial charge in [-0.05, 0) is 58.8 Å². The number of amides is 2. The summed E-state index contributed by atoms with van der Waals surface area (Å²) in [5.74, 6) is -0.0558. The van der Waals surface area contributed by atoms with E-state index in [1.807, 2.05) is 30.3 Å². The molecule has 0 unspecified atom stereocenters. The molecular weight excluding hydrogens is 524 g/mol. The van der Waals surface area contributed by atoms with E-state index < -0.39 is 0 Å². The van der Waals surface area contributed by atoms with Crippen molar-refractivity contribution >= 4 is 75.4 Å². The lowest BCUT2D eigenvalue weighted by molar-refractivity contribution is -0.123. The second-order valence-electron chi connectivity index (χ2n) is 7.10. The molecule has 1 saturated heterocycles. The summed E-state index contributed by atoms with van der Waals surface area (Å²) in [6.07, 6.45) is 1.59. The lowest BCUT2D eigenvalue weighted by atomic mass is 10.2. The molecule has 0 atom stereocenters. The lowest BCUT2D eigenvalue weighted by Gasteiger charge is -2.12. The summed E-state index contributed by atoms with van der Waals surface area (Å²) in [5.41, 5.74) is 2.25. The van der Waals surface area contributed by atoms with Crippen LogP contribution in [0, 0.1) is 0 Å². The van der Waals surface area contributed by atoms with Crippen molar-refractivity contribution in [2.45, 2.75) is 13.2 Å². The Bertz CT molecular complexity index is 1240. The summed E-state index contributed by atoms with van der Waals surface area (Å²) < 4.78 is 5.77. The van der Waals surface area contributed by atoms with E-state index in [0.29, 0.717) is 26.3 Å². The average Bonchev–Trinajstić information content (AvgIpc) is 3.03. The highest BCUT2D eigenvalue weighted by Crippen LogP contribution is 2.38. The molecule has 0 N–H and O–H groups in total. The number of halogens is 4. The maximum absolute atomic E-state index is 12.8. The van der Waals surface area contributed by atoms with Crippen LogP contribution in [0.2, 0.25) is 20.1 Å². The number of rotatable bonds is 6. The molecule has 0 aliphatic carbocycles. The summed E-state index contributed by atoms with van der Waals surface area (Å²) in [5, 5.41) is 1.10. The van der Waals surface area contributed by atoms with E-state index in [1.165, 1.54) is 4.90 Å². The molecule has 0 aromatic heterocycles. The molecule has 4 nitrogen and oxygen atoms in total. The second-order valence-corrected chi connectivity index (χ2v) is 9.73. The molecule has 168 valence electrons. The Hall–Kier alpha value is -2.15. The first-order valence-electron chi connectivity index (χ1n) is 9.67. The topological polar surface area (TPSA) is 46.6 Å². The number of thioether (sulfide) groups is 1. The molecule has 1 aliphatic rings. The molecule has 1 heterocycles. The van der Waals surface area contributed by atoms with Gasteiger partial charge in [0.2, 0.25) is 0 Å². The molecule has 33 heavy (non-hydrogen) atoms. The molecular formula is C24H15Cl4NO3S. The van der Waals surface area contributed by atoms with Crippen molar-refractivity contribution in [2.75, 3.05) is 0 Å². The number of benzene rings is 3. The highest BCUT2D eigenvalue weighted by molar-refractivity contribution is 8.18. The Morgan fingerprint density at radius 3 is 2.18 bits per heavy atom. The van der Waals surface area contributed by atoms with Gasteiger partial charge in [-0.3, -0.25) is 14.5 Å². The van der Waals surface area contributed by atoms with Crippen molar-refractivity contribution in [1.82, 2.24) is 4.90 Å². The predicted octanol–water partition coefficient (Wildman–Crippen LogP) is 8.12. The molecule has 4 rings (SSSR count). The normalized spacial score (nSPS) is 14.9. The minimum Gasteiger partial charge on any atom is -0.486 e. The highest BCUT2D eigenvalue weighted by Gasteiger charge is 2.35. The van der Waals surface area contributed by atoms with Crippen LogP contribution in [0.1, 0.15) is 16.7 Å². The summed E-state index contributed by atoms with van der Waals surface area (Å²) in [7, 11) is 0. The van der Waals surface area contributed by atoms with Gasteiger partial charge in [-0.15, -0.1) is 0 Å². The van der Waals surface area contributed by atoms with Gasteiger partial charge in [-0.1, -0.05) is 82.8 Å². The molecule has 3 aromatic carbocycles. The van der Waals surface area contributed by atoms with Crippen molar-refractivity contribution in [2.24, 2.45) is 0 Å². The minimum atomic E-state index is -0.360. The van der Waals surface area contributed by atoms with Crippen LogP contribution in [-0.4, -0.2) is 16.0 Å². The molecule has 1 aliphatic heterocycles. The Balaban J connectivity index is 1.50. The highest BCUT2D eigenvalue weighted by atomic mass is 35.5. The van der Waals surface area contributed by atoms with Crippen LogP contribution in [0.15, 0.2) is 65.6 Å². The SMILES string of the molecule is O=C1S/C(=C\c2cc(Cl)c(OCc3ccc(Cl)c(Cl)c3)c(Cl)c2)C(=O)N1Cc1ccccc1. The van der Waals surface area contributed by atoms with Gasteiger partial charge in [0.1, 0.15) is 6.61 Å². The third-order valence-electron chi connectivity index (χ3n) is 4.74. The van der Waals surface area contributed by atoms with E-state index in [4.69, 9.17) is 51.1 Å². The first kappa shape index (κ1) is 24.0. The Morgan fingerprint density at radius 2 is 1.52 bits per heavy atom. The summed E-state index contributed by atoms with van der Waals surface area (Å²) in [6.45, 7) is 0.403. The number of nitrogens with zero attached hydrogens (tertiary/aromatic N) is 1. The fourth-order valence-corrected chi connectivity index (χ4v) is 4.91. The fraction of sp³-hybridized carbons (Fsp3) is 0.0833. The first-order valence-corrected chi connectivity index (χ1v) is 12.0. The van der Waals surface area contributed by atoms with E-state index in [0.717, 1.165) is 22.9 Å². The molecule has 0 bridgehead atoms. The van der Waals surface area contributed by atoms with E-state index >= 15 is 0 Å². The average molecular weight is 539 g/mol. The van der Waals surface area contributed by atoms with Crippen molar-refractivity contribution in [3.05, 3.63) is 102 Å². The largest absolute Gasteiger partial charge is 0.486 e. The Morgan fingerprint density at radius 1 is 0.818 bits per heavy atom. The standard InChI is InChI=1S/C24H15Cl4NO3S/c25-17-7-6-15(8-18(17)26)13-32-22-19(27)9-16(10-20(22)28)11-21-23(30)29(24(31)33-21)12-14-4-2-1-3-5-14/h1-11H,12-13H2/b21-11-. The van der Waals surface area contributed by atoms with Crippen molar-refractivity contribution < 1.29 is 14.3 Å². The van der Waals surface area contributed by atoms with Crippen LogP contribution >= 0.6 is 58.2 Å². The minimum absolute atomic E-state index is 0.189. The van der Waals surface area contributed by atoms with Crippen molar-refractivity contribution in [3.63, 3.8) is 0 Å². The summed E-state index contributed by atoms with van der Waals surface area (Å²) >= 11 is 25.6. The lowest BCUT2D eigenvalue weighted by Crippen LogP contribution is -2.27. The third-order valence-corrected chi connectivity index (χ3v) is 6.95. The smallest absolute Gasteiger partial charge is 0.293 e. The van der Waals surface area contributed by atoms with Gasteiger partial charge in [0.25, 0.3) is 11.1 Å². The zero-order valence-electron chi connectivity index (χ0n) is 16.9. The zero-order valence-corrected chi connectivity index (χ0v) is 20.7. The number of hydrogen-bond donors (Lipinski definition) is 0. The van der Waals surface area contributed by atoms with Crippen LogP contribution in [0.3, 0.4) is 0 Å². The van der Waals surface area contributed by atoms with E-state index in [9.17, 15) is 9.59 Å². The Labute approximate surface area is 215 Å². The van der Waals surface area contributed by atoms with Gasteiger partial charge >= 0.3 is 0 Å². The van der Waals surface area contributed by atoms with Crippen LogP contribution in [-0.2, 0) is 17.9 Å². The molecule has 2 amide bonds. The van der Waals surface area contributed by atoms with Crippen LogP contribution < -0.4 is 4.74 Å². The number of carbonyl (C=O) groups excluding carboxylic acids is 2. The van der Waals surface area contributed by atoms with Gasteiger partial charge in [-0.2, -0.15) is 0 Å². The number of imide groups is 1. The third kappa shape index (κ3) is 5.68. The monoisotopic (exact) mass is 537 g/mol. The van der Waals surface area contributed by atoms with Crippen molar-refractivity contribution in [1.29, 1.82) is 0 Å². The number of carbonyl (C=O) groups is 2. The molecule has 3 aromatic rings. The fourth-order valence-electron chi connectivity index (χ4n) is 3.14. The molecule has 1 fully saturated rings.